The molecule has 5 heteroatoms. The first kappa shape index (κ1) is 16.8. The van der Waals surface area contributed by atoms with Gasteiger partial charge in [-0.15, -0.1) is 0 Å². The Kier molecular flexibility index (Phi) is 7.44. The fraction of sp³-hybridized carbons (Fsp3) is 0.600. The molecule has 0 saturated carbocycles. The lowest BCUT2D eigenvalue weighted by molar-refractivity contribution is 0.582. The molecule has 0 unspecified atom stereocenters. The third-order valence-corrected chi connectivity index (χ3v) is 4.57. The van der Waals surface area contributed by atoms with Gasteiger partial charge in [0.2, 0.25) is 10.0 Å². The van der Waals surface area contributed by atoms with Crippen LogP contribution in [-0.4, -0.2) is 14.2 Å². The van der Waals surface area contributed by atoms with E-state index >= 15 is 0 Å². The second kappa shape index (κ2) is 8.84. The van der Waals surface area contributed by atoms with Gasteiger partial charge in [-0.3, -0.25) is 4.72 Å². The topological polar surface area (TPSA) is 72.2 Å². The van der Waals surface area contributed by atoms with Crippen LogP contribution in [0.3, 0.4) is 0 Å². The van der Waals surface area contributed by atoms with Crippen molar-refractivity contribution in [3.63, 3.8) is 0 Å². The highest BCUT2D eigenvalue weighted by Crippen LogP contribution is 2.13. The van der Waals surface area contributed by atoms with Crippen molar-refractivity contribution in [2.45, 2.75) is 51.9 Å². The lowest BCUT2D eigenvalue weighted by atomic mass is 10.1. The van der Waals surface area contributed by atoms with Crippen molar-refractivity contribution < 1.29 is 8.42 Å². The van der Waals surface area contributed by atoms with E-state index in [2.05, 4.69) is 11.6 Å². The molecule has 0 bridgehead atoms. The van der Waals surface area contributed by atoms with Gasteiger partial charge < -0.3 is 5.73 Å². The van der Waals surface area contributed by atoms with E-state index in [1.54, 1.807) is 24.3 Å². The van der Waals surface area contributed by atoms with Crippen LogP contribution in [0, 0.1) is 0 Å². The first-order valence-corrected chi connectivity index (χ1v) is 9.05. The number of benzene rings is 1. The van der Waals surface area contributed by atoms with Gasteiger partial charge in [0.25, 0.3) is 0 Å². The first-order valence-electron chi connectivity index (χ1n) is 7.39. The van der Waals surface area contributed by atoms with E-state index in [0.717, 1.165) is 19.3 Å². The van der Waals surface area contributed by atoms with E-state index < -0.39 is 10.0 Å². The predicted octanol–water partition coefficient (Wildman–Crippen LogP) is 3.76. The monoisotopic (exact) mass is 298 g/mol. The van der Waals surface area contributed by atoms with Crippen molar-refractivity contribution in [2.24, 2.45) is 0 Å². The van der Waals surface area contributed by atoms with Gasteiger partial charge in [-0.1, -0.05) is 45.4 Å². The Morgan fingerprint density at radius 1 is 0.950 bits per heavy atom. The minimum atomic E-state index is -3.24. The van der Waals surface area contributed by atoms with E-state index in [9.17, 15) is 8.42 Å². The standard InChI is InChI=1S/C15H26N2O2S/c1-2-3-4-5-6-7-8-13-20(18,19)17-15-11-9-14(16)10-12-15/h9-12,17H,2-8,13,16H2,1H3. The molecule has 0 aliphatic carbocycles. The van der Waals surface area contributed by atoms with Crippen LogP contribution in [-0.2, 0) is 10.0 Å². The fourth-order valence-electron chi connectivity index (χ4n) is 2.03. The van der Waals surface area contributed by atoms with Crippen LogP contribution in [0.1, 0.15) is 51.9 Å². The first-order chi connectivity index (χ1) is 9.53. The number of nitrogens with one attached hydrogen (secondary N) is 1. The summed E-state index contributed by atoms with van der Waals surface area (Å²) in [6.45, 7) is 2.19. The van der Waals surface area contributed by atoms with E-state index in [1.807, 2.05) is 0 Å². The third kappa shape index (κ3) is 7.38. The maximum atomic E-state index is 11.9. The van der Waals surface area contributed by atoms with Crippen molar-refractivity contribution >= 4 is 21.4 Å². The largest absolute Gasteiger partial charge is 0.399 e. The summed E-state index contributed by atoms with van der Waals surface area (Å²) in [4.78, 5) is 0. The number of sulfonamides is 1. The summed E-state index contributed by atoms with van der Waals surface area (Å²) in [5, 5.41) is 0. The highest BCUT2D eigenvalue weighted by molar-refractivity contribution is 7.92. The molecule has 0 spiro atoms. The Hall–Kier alpha value is -1.23. The highest BCUT2D eigenvalue weighted by atomic mass is 32.2. The molecule has 0 heterocycles. The van der Waals surface area contributed by atoms with Crippen LogP contribution < -0.4 is 10.5 Å². The van der Waals surface area contributed by atoms with Crippen LogP contribution in [0.25, 0.3) is 0 Å². The molecule has 1 aromatic rings. The number of hydrogen-bond donors (Lipinski definition) is 2. The molecule has 20 heavy (non-hydrogen) atoms. The molecular weight excluding hydrogens is 272 g/mol. The summed E-state index contributed by atoms with van der Waals surface area (Å²) in [6, 6.07) is 6.73. The molecule has 3 N–H and O–H groups in total. The molecule has 1 rings (SSSR count). The Bertz CT molecular complexity index is 469. The lowest BCUT2D eigenvalue weighted by Gasteiger charge is -2.08. The summed E-state index contributed by atoms with van der Waals surface area (Å²) >= 11 is 0. The van der Waals surface area contributed by atoms with Crippen LogP contribution in [0.2, 0.25) is 0 Å². The van der Waals surface area contributed by atoms with Crippen molar-refractivity contribution in [2.75, 3.05) is 16.2 Å². The number of unbranched alkanes of at least 4 members (excludes halogenated alkanes) is 6. The Morgan fingerprint density at radius 3 is 2.10 bits per heavy atom. The second-order valence-electron chi connectivity index (χ2n) is 5.16. The minimum absolute atomic E-state index is 0.186. The highest BCUT2D eigenvalue weighted by Gasteiger charge is 2.09. The zero-order valence-corrected chi connectivity index (χ0v) is 13.1. The summed E-state index contributed by atoms with van der Waals surface area (Å²) in [7, 11) is -3.24. The van der Waals surface area contributed by atoms with Crippen molar-refractivity contribution in [1.29, 1.82) is 0 Å². The van der Waals surface area contributed by atoms with E-state index in [0.29, 0.717) is 11.4 Å². The average Bonchev–Trinajstić information content (AvgIpc) is 2.40. The average molecular weight is 298 g/mol. The Morgan fingerprint density at radius 2 is 1.50 bits per heavy atom. The van der Waals surface area contributed by atoms with E-state index in [-0.39, 0.29) is 5.75 Å². The van der Waals surface area contributed by atoms with E-state index in [4.69, 9.17) is 5.73 Å². The van der Waals surface area contributed by atoms with E-state index in [1.165, 1.54) is 25.7 Å². The number of anilines is 2. The summed E-state index contributed by atoms with van der Waals surface area (Å²) < 4.78 is 26.3. The number of hydrogen-bond acceptors (Lipinski definition) is 3. The predicted molar refractivity (Wildman–Crippen MR) is 86.3 cm³/mol. The van der Waals surface area contributed by atoms with Gasteiger partial charge >= 0.3 is 0 Å². The van der Waals surface area contributed by atoms with Gasteiger partial charge in [0, 0.05) is 11.4 Å². The van der Waals surface area contributed by atoms with Gasteiger partial charge in [-0.25, -0.2) is 8.42 Å². The van der Waals surface area contributed by atoms with Crippen molar-refractivity contribution in [1.82, 2.24) is 0 Å². The number of nitrogen functional groups attached to an aromatic ring is 1. The second-order valence-corrected chi connectivity index (χ2v) is 7.01. The molecule has 4 nitrogen and oxygen atoms in total. The molecule has 0 amide bonds. The van der Waals surface area contributed by atoms with Gasteiger partial charge in [0.1, 0.15) is 0 Å². The third-order valence-electron chi connectivity index (χ3n) is 3.20. The summed E-state index contributed by atoms with van der Waals surface area (Å²) in [5.74, 6) is 0.186. The smallest absolute Gasteiger partial charge is 0.232 e. The van der Waals surface area contributed by atoms with Crippen LogP contribution in [0.15, 0.2) is 24.3 Å². The van der Waals surface area contributed by atoms with Gasteiger partial charge in [-0.05, 0) is 30.7 Å². The summed E-state index contributed by atoms with van der Waals surface area (Å²) in [5.41, 5.74) is 6.76. The minimum Gasteiger partial charge on any atom is -0.399 e. The fourth-order valence-corrected chi connectivity index (χ4v) is 3.21. The van der Waals surface area contributed by atoms with Crippen molar-refractivity contribution in [3.8, 4) is 0 Å². The van der Waals surface area contributed by atoms with Gasteiger partial charge in [0.15, 0.2) is 0 Å². The molecule has 1 aromatic carbocycles. The zero-order chi connectivity index (χ0) is 14.8. The molecule has 114 valence electrons. The molecule has 0 saturated heterocycles. The lowest BCUT2D eigenvalue weighted by Crippen LogP contribution is -2.16. The van der Waals surface area contributed by atoms with Gasteiger partial charge in [-0.2, -0.15) is 0 Å². The molecule has 0 fully saturated rings. The molecule has 0 atom stereocenters. The quantitative estimate of drug-likeness (QED) is 0.510. The van der Waals surface area contributed by atoms with Crippen LogP contribution >= 0.6 is 0 Å². The van der Waals surface area contributed by atoms with Crippen LogP contribution in [0.4, 0.5) is 11.4 Å². The molecule has 0 radical (unpaired) electrons. The normalized spacial score (nSPS) is 11.4. The molecule has 0 aliphatic heterocycles. The maximum absolute atomic E-state index is 11.9. The number of nitrogens with two attached hydrogens (primary N) is 1. The Labute approximate surface area is 122 Å². The molecule has 0 aliphatic rings. The summed E-state index contributed by atoms with van der Waals surface area (Å²) in [6.07, 6.45) is 7.79. The zero-order valence-electron chi connectivity index (χ0n) is 12.3. The van der Waals surface area contributed by atoms with Crippen molar-refractivity contribution in [3.05, 3.63) is 24.3 Å². The Balaban J connectivity index is 2.23. The molecular formula is C15H26N2O2S. The maximum Gasteiger partial charge on any atom is 0.232 e. The van der Waals surface area contributed by atoms with Gasteiger partial charge in [0.05, 0.1) is 5.75 Å². The molecule has 0 aromatic heterocycles. The number of rotatable bonds is 10. The van der Waals surface area contributed by atoms with Crippen LogP contribution in [0.5, 0.6) is 0 Å². The SMILES string of the molecule is CCCCCCCCCS(=O)(=O)Nc1ccc(N)cc1.